The zero-order valence-corrected chi connectivity index (χ0v) is 11.6. The summed E-state index contributed by atoms with van der Waals surface area (Å²) >= 11 is 13.3. The van der Waals surface area contributed by atoms with Crippen LogP contribution in [0.25, 0.3) is 0 Å². The molecule has 17 heavy (non-hydrogen) atoms. The van der Waals surface area contributed by atoms with Gasteiger partial charge in [-0.1, -0.05) is 23.2 Å². The first-order valence-electron chi connectivity index (χ1n) is 4.52. The molecule has 6 heteroatoms. The lowest BCUT2D eigenvalue weighted by molar-refractivity contribution is 0.600. The quantitative estimate of drug-likeness (QED) is 0.802. The van der Waals surface area contributed by atoms with Crippen LogP contribution in [0, 0.1) is 5.82 Å². The van der Waals surface area contributed by atoms with Crippen LogP contribution < -0.4 is 5.73 Å². The second-order valence-electron chi connectivity index (χ2n) is 3.29. The largest absolute Gasteiger partial charge is 0.320 e. The van der Waals surface area contributed by atoms with E-state index in [1.807, 2.05) is 16.8 Å². The molecule has 0 fully saturated rings. The third-order valence-electron chi connectivity index (χ3n) is 2.29. The first-order chi connectivity index (χ1) is 7.61. The number of hydrogen-bond donors (Lipinski definition) is 1. The number of thiophene rings is 1. The van der Waals surface area contributed by atoms with Gasteiger partial charge in [-0.05, 0) is 34.5 Å². The summed E-state index contributed by atoms with van der Waals surface area (Å²) in [6.45, 7) is 0. The first kappa shape index (κ1) is 14.7. The van der Waals surface area contributed by atoms with Crippen LogP contribution in [0.15, 0.2) is 29.0 Å². The zero-order chi connectivity index (χ0) is 11.7. The van der Waals surface area contributed by atoms with E-state index in [-0.39, 0.29) is 23.0 Å². The molecule has 1 aromatic carbocycles. The molecule has 0 radical (unpaired) electrons. The maximum absolute atomic E-state index is 13.7. The van der Waals surface area contributed by atoms with Crippen molar-refractivity contribution >= 4 is 46.9 Å². The van der Waals surface area contributed by atoms with Crippen molar-refractivity contribution in [1.82, 2.24) is 0 Å². The molecule has 0 aliphatic rings. The minimum atomic E-state index is -0.586. The lowest BCUT2D eigenvalue weighted by Gasteiger charge is -2.14. The van der Waals surface area contributed by atoms with Gasteiger partial charge in [0.1, 0.15) is 5.82 Å². The van der Waals surface area contributed by atoms with Crippen molar-refractivity contribution in [2.75, 3.05) is 0 Å². The van der Waals surface area contributed by atoms with Crippen LogP contribution in [0.3, 0.4) is 0 Å². The highest BCUT2D eigenvalue weighted by Gasteiger charge is 2.19. The average molecular weight is 313 g/mol. The molecule has 0 bridgehead atoms. The van der Waals surface area contributed by atoms with Crippen molar-refractivity contribution in [1.29, 1.82) is 0 Å². The Morgan fingerprint density at radius 3 is 2.53 bits per heavy atom. The van der Waals surface area contributed by atoms with Crippen molar-refractivity contribution in [2.24, 2.45) is 5.73 Å². The monoisotopic (exact) mass is 311 g/mol. The summed E-state index contributed by atoms with van der Waals surface area (Å²) in [6, 6.07) is 3.95. The van der Waals surface area contributed by atoms with E-state index in [4.69, 9.17) is 28.9 Å². The van der Waals surface area contributed by atoms with E-state index in [9.17, 15) is 4.39 Å². The normalized spacial score (nSPS) is 12.0. The standard InChI is InChI=1S/C11H8Cl2FNS.ClH/c12-7-1-2-8(14)9(10(7)13)11(15)6-3-4-16-5-6;/h1-5,11H,15H2;1H/t11-;/m1./s1. The van der Waals surface area contributed by atoms with E-state index in [1.54, 1.807) is 0 Å². The van der Waals surface area contributed by atoms with Crippen LogP contribution in [-0.2, 0) is 0 Å². The highest BCUT2D eigenvalue weighted by Crippen LogP contribution is 2.34. The molecule has 0 aliphatic heterocycles. The van der Waals surface area contributed by atoms with Gasteiger partial charge in [0, 0.05) is 5.56 Å². The van der Waals surface area contributed by atoms with Gasteiger partial charge < -0.3 is 5.73 Å². The zero-order valence-electron chi connectivity index (χ0n) is 8.49. The molecule has 92 valence electrons. The summed E-state index contributed by atoms with van der Waals surface area (Å²) < 4.78 is 13.7. The van der Waals surface area contributed by atoms with Gasteiger partial charge >= 0.3 is 0 Å². The number of hydrogen-bond acceptors (Lipinski definition) is 2. The molecule has 1 atom stereocenters. The van der Waals surface area contributed by atoms with E-state index in [0.29, 0.717) is 5.02 Å². The van der Waals surface area contributed by atoms with Gasteiger partial charge in [-0.15, -0.1) is 12.4 Å². The lowest BCUT2D eigenvalue weighted by atomic mass is 10.0. The van der Waals surface area contributed by atoms with Gasteiger partial charge in [-0.2, -0.15) is 11.3 Å². The molecule has 1 nitrogen and oxygen atoms in total. The second-order valence-corrected chi connectivity index (χ2v) is 4.86. The van der Waals surface area contributed by atoms with E-state index < -0.39 is 11.9 Å². The fourth-order valence-corrected chi connectivity index (χ4v) is 2.58. The van der Waals surface area contributed by atoms with Crippen molar-refractivity contribution < 1.29 is 4.39 Å². The SMILES string of the molecule is Cl.N[C@H](c1ccsc1)c1c(F)ccc(Cl)c1Cl. The van der Waals surface area contributed by atoms with Gasteiger partial charge in [0.05, 0.1) is 16.1 Å². The third-order valence-corrected chi connectivity index (χ3v) is 3.81. The molecule has 1 heterocycles. The van der Waals surface area contributed by atoms with Crippen molar-refractivity contribution in [3.8, 4) is 0 Å². The van der Waals surface area contributed by atoms with Gasteiger partial charge in [0.15, 0.2) is 0 Å². The third kappa shape index (κ3) is 2.92. The van der Waals surface area contributed by atoms with Gasteiger partial charge in [0.25, 0.3) is 0 Å². The summed E-state index contributed by atoms with van der Waals surface area (Å²) in [5, 5.41) is 4.23. The molecule has 0 unspecified atom stereocenters. The minimum Gasteiger partial charge on any atom is -0.320 e. The Balaban J connectivity index is 0.00000144. The number of rotatable bonds is 2. The van der Waals surface area contributed by atoms with Crippen molar-refractivity contribution in [3.63, 3.8) is 0 Å². The maximum Gasteiger partial charge on any atom is 0.129 e. The molecule has 2 rings (SSSR count). The molecule has 1 aromatic heterocycles. The van der Waals surface area contributed by atoms with Crippen molar-refractivity contribution in [3.05, 3.63) is 55.9 Å². The van der Waals surface area contributed by atoms with Crippen LogP contribution in [0.1, 0.15) is 17.2 Å². The smallest absolute Gasteiger partial charge is 0.129 e. The Labute approximate surface area is 119 Å². The fraction of sp³-hybridized carbons (Fsp3) is 0.0909. The van der Waals surface area contributed by atoms with E-state index >= 15 is 0 Å². The lowest BCUT2D eigenvalue weighted by Crippen LogP contribution is -2.13. The number of benzene rings is 1. The molecule has 0 spiro atoms. The Bertz CT molecular complexity index is 502. The van der Waals surface area contributed by atoms with E-state index in [2.05, 4.69) is 0 Å². The molecular formula is C11H9Cl3FNS. The second kappa shape index (κ2) is 6.03. The molecule has 0 saturated carbocycles. The summed E-state index contributed by atoms with van der Waals surface area (Å²) in [7, 11) is 0. The Morgan fingerprint density at radius 1 is 1.24 bits per heavy atom. The van der Waals surface area contributed by atoms with Crippen molar-refractivity contribution in [2.45, 2.75) is 6.04 Å². The predicted octanol–water partition coefficient (Wildman–Crippen LogP) is 4.66. The molecule has 2 N–H and O–H groups in total. The summed E-state index contributed by atoms with van der Waals surface area (Å²) in [5.41, 5.74) is 7.02. The minimum absolute atomic E-state index is 0. The van der Waals surface area contributed by atoms with Gasteiger partial charge in [0.2, 0.25) is 0 Å². The van der Waals surface area contributed by atoms with E-state index in [0.717, 1.165) is 5.56 Å². The molecule has 0 saturated heterocycles. The Kier molecular flexibility index (Phi) is 5.22. The summed E-state index contributed by atoms with van der Waals surface area (Å²) in [5.74, 6) is -0.437. The summed E-state index contributed by atoms with van der Waals surface area (Å²) in [4.78, 5) is 0. The number of halogens is 4. The van der Waals surface area contributed by atoms with Gasteiger partial charge in [-0.25, -0.2) is 4.39 Å². The molecular weight excluding hydrogens is 304 g/mol. The topological polar surface area (TPSA) is 26.0 Å². The molecule has 0 aliphatic carbocycles. The highest BCUT2D eigenvalue weighted by atomic mass is 35.5. The fourth-order valence-electron chi connectivity index (χ4n) is 1.45. The first-order valence-corrected chi connectivity index (χ1v) is 6.22. The summed E-state index contributed by atoms with van der Waals surface area (Å²) in [6.07, 6.45) is 0. The van der Waals surface area contributed by atoms with Crippen LogP contribution in [0.2, 0.25) is 10.0 Å². The Morgan fingerprint density at radius 2 is 1.94 bits per heavy atom. The van der Waals surface area contributed by atoms with Crippen LogP contribution in [0.5, 0.6) is 0 Å². The van der Waals surface area contributed by atoms with Crippen LogP contribution >= 0.6 is 46.9 Å². The number of nitrogens with two attached hydrogens (primary N) is 1. The highest BCUT2D eigenvalue weighted by molar-refractivity contribution is 7.08. The molecule has 2 aromatic rings. The maximum atomic E-state index is 13.7. The van der Waals surface area contributed by atoms with Gasteiger partial charge in [-0.3, -0.25) is 0 Å². The average Bonchev–Trinajstić information content (AvgIpc) is 2.77. The molecule has 0 amide bonds. The predicted molar refractivity (Wildman–Crippen MR) is 74.0 cm³/mol. The Hall–Kier alpha value is -0.320. The van der Waals surface area contributed by atoms with Crippen LogP contribution in [-0.4, -0.2) is 0 Å². The van der Waals surface area contributed by atoms with Crippen LogP contribution in [0.4, 0.5) is 4.39 Å². The van der Waals surface area contributed by atoms with E-state index in [1.165, 1.54) is 23.5 Å².